The fourth-order valence-corrected chi connectivity index (χ4v) is 4.08. The van der Waals surface area contributed by atoms with Gasteiger partial charge in [-0.05, 0) is 24.5 Å². The van der Waals surface area contributed by atoms with E-state index in [-0.39, 0.29) is 12.5 Å². The van der Waals surface area contributed by atoms with Gasteiger partial charge in [0.1, 0.15) is 6.61 Å². The number of anilines is 1. The standard InChI is InChI=1S/C23H25N3O3/c24-26-19-14-8-7-13-18(19)20(17-11-5-2-6-12-17)25-21(22(26)27)23(28)29-15-16-9-3-1-4-10-16/h1,3-4,7-10,13-14,17,21H,2,5-6,11-12,15,24H2. The minimum absolute atomic E-state index is 0.0925. The molecule has 2 aromatic rings. The molecule has 2 aromatic carbocycles. The SMILES string of the molecule is NN1C(=O)C(C(=O)OCc2ccccc2)N=C(C2CCCCC2)c2ccccc21. The predicted octanol–water partition coefficient (Wildman–Crippen LogP) is 3.39. The fourth-order valence-electron chi connectivity index (χ4n) is 4.08. The van der Waals surface area contributed by atoms with E-state index in [1.807, 2.05) is 48.5 Å². The van der Waals surface area contributed by atoms with Gasteiger partial charge >= 0.3 is 5.97 Å². The molecule has 4 rings (SSSR count). The van der Waals surface area contributed by atoms with Crippen molar-refractivity contribution in [2.75, 3.05) is 5.01 Å². The fraction of sp³-hybridized carbons (Fsp3) is 0.348. The Morgan fingerprint density at radius 3 is 2.48 bits per heavy atom. The molecule has 2 N–H and O–H groups in total. The number of ether oxygens (including phenoxy) is 1. The molecule has 0 spiro atoms. The maximum Gasteiger partial charge on any atom is 0.341 e. The van der Waals surface area contributed by atoms with Crippen LogP contribution in [0.1, 0.15) is 43.2 Å². The van der Waals surface area contributed by atoms with Crippen molar-refractivity contribution in [3.8, 4) is 0 Å². The monoisotopic (exact) mass is 391 g/mol. The highest BCUT2D eigenvalue weighted by atomic mass is 16.5. The maximum absolute atomic E-state index is 13.0. The van der Waals surface area contributed by atoms with Crippen LogP contribution >= 0.6 is 0 Å². The average molecular weight is 391 g/mol. The van der Waals surface area contributed by atoms with Crippen LogP contribution in [0.2, 0.25) is 0 Å². The highest BCUT2D eigenvalue weighted by molar-refractivity contribution is 6.18. The van der Waals surface area contributed by atoms with Gasteiger partial charge in [-0.3, -0.25) is 9.79 Å². The van der Waals surface area contributed by atoms with Crippen molar-refractivity contribution in [3.05, 3.63) is 65.7 Å². The van der Waals surface area contributed by atoms with E-state index in [4.69, 9.17) is 10.6 Å². The first-order valence-electron chi connectivity index (χ1n) is 10.1. The molecule has 1 saturated carbocycles. The van der Waals surface area contributed by atoms with E-state index in [0.717, 1.165) is 47.5 Å². The smallest absolute Gasteiger partial charge is 0.341 e. The summed E-state index contributed by atoms with van der Waals surface area (Å²) in [6.45, 7) is 0.0925. The molecule has 1 aliphatic heterocycles. The molecule has 1 fully saturated rings. The van der Waals surface area contributed by atoms with Gasteiger partial charge in [-0.2, -0.15) is 0 Å². The highest BCUT2D eigenvalue weighted by Gasteiger charge is 2.37. The van der Waals surface area contributed by atoms with Crippen LogP contribution in [0.15, 0.2) is 59.6 Å². The van der Waals surface area contributed by atoms with Crippen molar-refractivity contribution < 1.29 is 14.3 Å². The Morgan fingerprint density at radius 1 is 1.03 bits per heavy atom. The molecule has 1 atom stereocenters. The van der Waals surface area contributed by atoms with Crippen molar-refractivity contribution in [1.29, 1.82) is 0 Å². The Labute approximate surface area is 170 Å². The zero-order valence-corrected chi connectivity index (χ0v) is 16.3. The van der Waals surface area contributed by atoms with Gasteiger partial charge in [0.2, 0.25) is 6.04 Å². The lowest BCUT2D eigenvalue weighted by molar-refractivity contribution is -0.149. The molecule has 0 bridgehead atoms. The van der Waals surface area contributed by atoms with Gasteiger partial charge in [0.25, 0.3) is 5.91 Å². The Hall–Kier alpha value is -2.99. The van der Waals surface area contributed by atoms with Crippen LogP contribution in [0.5, 0.6) is 0 Å². The number of benzene rings is 2. The Balaban J connectivity index is 1.65. The summed E-state index contributed by atoms with van der Waals surface area (Å²) in [5.74, 6) is 5.10. The number of nitrogens with two attached hydrogens (primary N) is 1. The van der Waals surface area contributed by atoms with Gasteiger partial charge in [0, 0.05) is 17.2 Å². The average Bonchev–Trinajstić information content (AvgIpc) is 2.89. The number of esters is 1. The van der Waals surface area contributed by atoms with Gasteiger partial charge in [0.15, 0.2) is 0 Å². The van der Waals surface area contributed by atoms with Crippen LogP contribution in [-0.4, -0.2) is 23.6 Å². The molecule has 29 heavy (non-hydrogen) atoms. The van der Waals surface area contributed by atoms with Crippen molar-refractivity contribution in [2.24, 2.45) is 16.8 Å². The minimum Gasteiger partial charge on any atom is -0.459 e. The zero-order valence-electron chi connectivity index (χ0n) is 16.3. The van der Waals surface area contributed by atoms with Gasteiger partial charge in [-0.1, -0.05) is 67.8 Å². The summed E-state index contributed by atoms with van der Waals surface area (Å²) in [5, 5.41) is 1.04. The first-order chi connectivity index (χ1) is 14.1. The first-order valence-corrected chi connectivity index (χ1v) is 10.1. The third kappa shape index (κ3) is 4.07. The number of fused-ring (bicyclic) bond motifs is 1. The number of carbonyl (C=O) groups excluding carboxylic acids is 2. The quantitative estimate of drug-likeness (QED) is 0.375. The van der Waals surface area contributed by atoms with E-state index in [2.05, 4.69) is 4.99 Å². The van der Waals surface area contributed by atoms with Crippen molar-refractivity contribution in [1.82, 2.24) is 0 Å². The summed E-state index contributed by atoms with van der Waals surface area (Å²) in [4.78, 5) is 30.5. The number of benzodiazepines with no additional fused rings is 1. The molecule has 0 aromatic heterocycles. The third-order valence-corrected chi connectivity index (χ3v) is 5.62. The first kappa shape index (κ1) is 19.3. The van der Waals surface area contributed by atoms with Crippen LogP contribution in [0.3, 0.4) is 0 Å². The lowest BCUT2D eigenvalue weighted by atomic mass is 9.83. The second kappa shape index (κ2) is 8.57. The second-order valence-corrected chi connectivity index (χ2v) is 7.57. The lowest BCUT2D eigenvalue weighted by Gasteiger charge is -2.24. The van der Waals surface area contributed by atoms with Crippen molar-refractivity contribution >= 4 is 23.3 Å². The topological polar surface area (TPSA) is 85.0 Å². The maximum atomic E-state index is 13.0. The van der Waals surface area contributed by atoms with Gasteiger partial charge in [-0.15, -0.1) is 0 Å². The van der Waals surface area contributed by atoms with E-state index < -0.39 is 17.9 Å². The number of carbonyl (C=O) groups is 2. The number of hydrogen-bond acceptors (Lipinski definition) is 5. The van der Waals surface area contributed by atoms with Crippen molar-refractivity contribution in [2.45, 2.75) is 44.8 Å². The summed E-state index contributed by atoms with van der Waals surface area (Å²) in [6, 6.07) is 15.5. The largest absolute Gasteiger partial charge is 0.459 e. The van der Waals surface area contributed by atoms with E-state index in [9.17, 15) is 9.59 Å². The summed E-state index contributed by atoms with van der Waals surface area (Å²) < 4.78 is 5.43. The molecule has 1 aliphatic carbocycles. The Bertz CT molecular complexity index is 920. The summed E-state index contributed by atoms with van der Waals surface area (Å²) in [6.07, 6.45) is 5.44. The van der Waals surface area contributed by atoms with Crippen molar-refractivity contribution in [3.63, 3.8) is 0 Å². The number of para-hydroxylation sites is 1. The predicted molar refractivity (Wildman–Crippen MR) is 111 cm³/mol. The number of hydrogen-bond donors (Lipinski definition) is 1. The molecule has 2 aliphatic rings. The Morgan fingerprint density at radius 2 is 1.72 bits per heavy atom. The third-order valence-electron chi connectivity index (χ3n) is 5.62. The van der Waals surface area contributed by atoms with E-state index in [0.29, 0.717) is 5.69 Å². The molecule has 1 unspecified atom stereocenters. The summed E-state index contributed by atoms with van der Waals surface area (Å²) in [7, 11) is 0. The molecule has 1 amide bonds. The number of rotatable bonds is 4. The number of amides is 1. The molecule has 150 valence electrons. The number of aliphatic imine (C=N–C) groups is 1. The Kier molecular flexibility index (Phi) is 5.71. The summed E-state index contributed by atoms with van der Waals surface area (Å²) >= 11 is 0. The molecular weight excluding hydrogens is 366 g/mol. The minimum atomic E-state index is -1.28. The lowest BCUT2D eigenvalue weighted by Crippen LogP contribution is -2.46. The number of hydrazine groups is 1. The highest BCUT2D eigenvalue weighted by Crippen LogP contribution is 2.33. The summed E-state index contributed by atoms with van der Waals surface area (Å²) in [5.41, 5.74) is 3.06. The van der Waals surface area contributed by atoms with Crippen LogP contribution in [0.4, 0.5) is 5.69 Å². The van der Waals surface area contributed by atoms with Crippen LogP contribution in [-0.2, 0) is 20.9 Å². The van der Waals surface area contributed by atoms with E-state index in [1.54, 1.807) is 6.07 Å². The van der Waals surface area contributed by atoms with Crippen LogP contribution in [0, 0.1) is 5.92 Å². The van der Waals surface area contributed by atoms with Gasteiger partial charge in [0.05, 0.1) is 5.69 Å². The molecule has 6 nitrogen and oxygen atoms in total. The van der Waals surface area contributed by atoms with Gasteiger partial charge < -0.3 is 4.74 Å². The second-order valence-electron chi connectivity index (χ2n) is 7.57. The molecule has 6 heteroatoms. The van der Waals surface area contributed by atoms with E-state index >= 15 is 0 Å². The molecular formula is C23H25N3O3. The van der Waals surface area contributed by atoms with E-state index in [1.165, 1.54) is 6.42 Å². The normalized spacial score (nSPS) is 19.9. The number of nitrogens with zero attached hydrogens (tertiary/aromatic N) is 2. The zero-order chi connectivity index (χ0) is 20.2. The molecule has 1 heterocycles. The van der Waals surface area contributed by atoms with Crippen LogP contribution < -0.4 is 10.9 Å². The molecule has 0 saturated heterocycles. The van der Waals surface area contributed by atoms with Gasteiger partial charge in [-0.25, -0.2) is 15.6 Å². The molecule has 0 radical (unpaired) electrons. The van der Waals surface area contributed by atoms with Crippen LogP contribution in [0.25, 0.3) is 0 Å².